The quantitative estimate of drug-likeness (QED) is 0.869. The molecule has 0 unspecified atom stereocenters. The van der Waals surface area contributed by atoms with E-state index in [1.807, 2.05) is 12.1 Å². The van der Waals surface area contributed by atoms with Crippen molar-refractivity contribution in [3.05, 3.63) is 58.6 Å². The van der Waals surface area contributed by atoms with Crippen LogP contribution in [0.3, 0.4) is 0 Å². The Bertz CT molecular complexity index is 408. The molecule has 1 aromatic carbocycles. The number of hydrogen-bond donors (Lipinski definition) is 1. The van der Waals surface area contributed by atoms with Gasteiger partial charge in [-0.25, -0.2) is 9.37 Å². The van der Waals surface area contributed by atoms with Gasteiger partial charge in [0.05, 0.1) is 11.9 Å². The van der Waals surface area contributed by atoms with Crippen molar-refractivity contribution in [2.75, 3.05) is 5.32 Å². The Morgan fingerprint density at radius 1 is 1.12 bits per heavy atom. The summed E-state index contributed by atoms with van der Waals surface area (Å²) in [7, 11) is 0. The van der Waals surface area contributed by atoms with Crippen molar-refractivity contribution < 1.29 is 4.39 Å². The number of halogens is 2. The van der Waals surface area contributed by atoms with Gasteiger partial charge in [0.15, 0.2) is 0 Å². The number of hydrogen-bond acceptors (Lipinski definition) is 2. The minimum atomic E-state index is -0.214. The molecule has 2 nitrogen and oxygen atoms in total. The standard InChI is InChI=1S/C12H10BrFN2/c13-12-6-5-11(8-16-12)15-7-9-1-3-10(14)4-2-9/h1-6,8,15H,7H2. The van der Waals surface area contributed by atoms with Gasteiger partial charge < -0.3 is 5.32 Å². The third kappa shape index (κ3) is 3.03. The molecule has 16 heavy (non-hydrogen) atoms. The number of nitrogens with one attached hydrogen (secondary N) is 1. The summed E-state index contributed by atoms with van der Waals surface area (Å²) in [6, 6.07) is 10.2. The van der Waals surface area contributed by atoms with E-state index in [1.165, 1.54) is 12.1 Å². The lowest BCUT2D eigenvalue weighted by Gasteiger charge is -2.05. The average Bonchev–Trinajstić information content (AvgIpc) is 2.30. The summed E-state index contributed by atoms with van der Waals surface area (Å²) in [5, 5.41) is 3.20. The highest BCUT2D eigenvalue weighted by Gasteiger charge is 1.95. The van der Waals surface area contributed by atoms with Crippen LogP contribution in [0, 0.1) is 5.82 Å². The Kier molecular flexibility index (Phi) is 3.51. The second kappa shape index (κ2) is 5.07. The Labute approximate surface area is 102 Å². The number of rotatable bonds is 3. The van der Waals surface area contributed by atoms with Gasteiger partial charge in [0, 0.05) is 6.54 Å². The van der Waals surface area contributed by atoms with Crippen molar-refractivity contribution in [2.45, 2.75) is 6.54 Å². The highest BCUT2D eigenvalue weighted by Crippen LogP contribution is 2.12. The van der Waals surface area contributed by atoms with E-state index in [4.69, 9.17) is 0 Å². The van der Waals surface area contributed by atoms with Gasteiger partial charge in [0.1, 0.15) is 10.4 Å². The molecule has 2 rings (SSSR count). The molecule has 2 aromatic rings. The molecule has 0 saturated carbocycles. The summed E-state index contributed by atoms with van der Waals surface area (Å²) >= 11 is 3.27. The average molecular weight is 281 g/mol. The Hall–Kier alpha value is -1.42. The van der Waals surface area contributed by atoms with Crippen molar-refractivity contribution >= 4 is 21.6 Å². The maximum absolute atomic E-state index is 12.7. The monoisotopic (exact) mass is 280 g/mol. The molecule has 82 valence electrons. The molecule has 0 saturated heterocycles. The van der Waals surface area contributed by atoms with Crippen molar-refractivity contribution in [3.8, 4) is 0 Å². The number of anilines is 1. The normalized spacial score (nSPS) is 10.1. The van der Waals surface area contributed by atoms with Crippen LogP contribution in [0.2, 0.25) is 0 Å². The predicted molar refractivity (Wildman–Crippen MR) is 65.7 cm³/mol. The zero-order valence-corrected chi connectivity index (χ0v) is 10.0. The SMILES string of the molecule is Fc1ccc(CNc2ccc(Br)nc2)cc1. The summed E-state index contributed by atoms with van der Waals surface area (Å²) in [5.41, 5.74) is 1.97. The van der Waals surface area contributed by atoms with Crippen LogP contribution < -0.4 is 5.32 Å². The molecule has 0 aliphatic rings. The van der Waals surface area contributed by atoms with Crippen LogP contribution in [0.1, 0.15) is 5.56 Å². The molecule has 1 N–H and O–H groups in total. The van der Waals surface area contributed by atoms with Crippen LogP contribution in [-0.4, -0.2) is 4.98 Å². The summed E-state index contributed by atoms with van der Waals surface area (Å²) in [4.78, 5) is 4.10. The van der Waals surface area contributed by atoms with Crippen LogP contribution in [0.5, 0.6) is 0 Å². The molecule has 0 radical (unpaired) electrons. The molecule has 4 heteroatoms. The summed E-state index contributed by atoms with van der Waals surface area (Å²) in [6.07, 6.45) is 1.74. The van der Waals surface area contributed by atoms with Gasteiger partial charge in [0.2, 0.25) is 0 Å². The first kappa shape index (κ1) is 11.1. The summed E-state index contributed by atoms with van der Waals surface area (Å²) < 4.78 is 13.5. The third-order valence-electron chi connectivity index (χ3n) is 2.14. The molecule has 1 heterocycles. The van der Waals surface area contributed by atoms with Crippen molar-refractivity contribution in [1.82, 2.24) is 4.98 Å². The fraction of sp³-hybridized carbons (Fsp3) is 0.0833. The fourth-order valence-electron chi connectivity index (χ4n) is 1.29. The Morgan fingerprint density at radius 2 is 1.88 bits per heavy atom. The lowest BCUT2D eigenvalue weighted by atomic mass is 10.2. The van der Waals surface area contributed by atoms with Crippen LogP contribution in [-0.2, 0) is 6.54 Å². The molecular formula is C12H10BrFN2. The molecule has 0 bridgehead atoms. The number of aromatic nitrogens is 1. The van der Waals surface area contributed by atoms with Crippen LogP contribution in [0.4, 0.5) is 10.1 Å². The van der Waals surface area contributed by atoms with Gasteiger partial charge in [-0.15, -0.1) is 0 Å². The molecule has 0 atom stereocenters. The third-order valence-corrected chi connectivity index (χ3v) is 2.61. The van der Waals surface area contributed by atoms with E-state index in [9.17, 15) is 4.39 Å². The van der Waals surface area contributed by atoms with Crippen LogP contribution in [0.15, 0.2) is 47.2 Å². The van der Waals surface area contributed by atoms with Crippen molar-refractivity contribution in [1.29, 1.82) is 0 Å². The molecule has 0 spiro atoms. The maximum atomic E-state index is 12.7. The molecule has 1 aromatic heterocycles. The smallest absolute Gasteiger partial charge is 0.123 e. The highest BCUT2D eigenvalue weighted by atomic mass is 79.9. The van der Waals surface area contributed by atoms with E-state index in [0.717, 1.165) is 15.9 Å². The summed E-state index contributed by atoms with van der Waals surface area (Å²) in [6.45, 7) is 0.656. The van der Waals surface area contributed by atoms with Crippen molar-refractivity contribution in [2.24, 2.45) is 0 Å². The van der Waals surface area contributed by atoms with Gasteiger partial charge in [-0.2, -0.15) is 0 Å². The topological polar surface area (TPSA) is 24.9 Å². The molecule has 0 aliphatic heterocycles. The first-order chi connectivity index (χ1) is 7.74. The zero-order chi connectivity index (χ0) is 11.4. The second-order valence-corrected chi connectivity index (χ2v) is 4.16. The van der Waals surface area contributed by atoms with Crippen LogP contribution in [0.25, 0.3) is 0 Å². The largest absolute Gasteiger partial charge is 0.380 e. The van der Waals surface area contributed by atoms with Gasteiger partial charge in [0.25, 0.3) is 0 Å². The van der Waals surface area contributed by atoms with E-state index in [1.54, 1.807) is 18.3 Å². The van der Waals surface area contributed by atoms with E-state index < -0.39 is 0 Å². The fourth-order valence-corrected chi connectivity index (χ4v) is 1.52. The van der Waals surface area contributed by atoms with E-state index >= 15 is 0 Å². The van der Waals surface area contributed by atoms with Gasteiger partial charge in [-0.1, -0.05) is 12.1 Å². The number of nitrogens with zero attached hydrogens (tertiary/aromatic N) is 1. The lowest BCUT2D eigenvalue weighted by molar-refractivity contribution is 0.627. The molecule has 0 amide bonds. The van der Waals surface area contributed by atoms with Crippen LogP contribution >= 0.6 is 15.9 Å². The van der Waals surface area contributed by atoms with E-state index in [0.29, 0.717) is 6.54 Å². The maximum Gasteiger partial charge on any atom is 0.123 e. The Morgan fingerprint density at radius 3 is 2.50 bits per heavy atom. The molecular weight excluding hydrogens is 271 g/mol. The first-order valence-corrected chi connectivity index (χ1v) is 5.63. The predicted octanol–water partition coefficient (Wildman–Crippen LogP) is 3.60. The minimum Gasteiger partial charge on any atom is -0.380 e. The van der Waals surface area contributed by atoms with Crippen molar-refractivity contribution in [3.63, 3.8) is 0 Å². The molecule has 0 aliphatic carbocycles. The minimum absolute atomic E-state index is 0.214. The van der Waals surface area contributed by atoms with E-state index in [-0.39, 0.29) is 5.82 Å². The highest BCUT2D eigenvalue weighted by molar-refractivity contribution is 9.10. The Balaban J connectivity index is 1.97. The van der Waals surface area contributed by atoms with Gasteiger partial charge >= 0.3 is 0 Å². The van der Waals surface area contributed by atoms with Gasteiger partial charge in [-0.3, -0.25) is 0 Å². The summed E-state index contributed by atoms with van der Waals surface area (Å²) in [5.74, 6) is -0.214. The lowest BCUT2D eigenvalue weighted by Crippen LogP contribution is -1.99. The van der Waals surface area contributed by atoms with Gasteiger partial charge in [-0.05, 0) is 45.8 Å². The number of pyridine rings is 1. The second-order valence-electron chi connectivity index (χ2n) is 3.35. The zero-order valence-electron chi connectivity index (χ0n) is 8.45. The van der Waals surface area contributed by atoms with E-state index in [2.05, 4.69) is 26.2 Å². The first-order valence-electron chi connectivity index (χ1n) is 4.84. The molecule has 0 fully saturated rings. The number of benzene rings is 1.